The van der Waals surface area contributed by atoms with Crippen LogP contribution in [0.5, 0.6) is 0 Å². The molecule has 0 spiro atoms. The maximum atomic E-state index is 13.3. The van der Waals surface area contributed by atoms with Gasteiger partial charge in [0, 0.05) is 17.6 Å². The highest BCUT2D eigenvalue weighted by Crippen LogP contribution is 2.45. The minimum atomic E-state index is -0.180. The molecular formula is C25H32N4O3S. The molecule has 2 aromatic rings. The number of hydrogen-bond acceptors (Lipinski definition) is 6. The van der Waals surface area contributed by atoms with E-state index in [1.165, 1.54) is 19.3 Å². The topological polar surface area (TPSA) is 78.3 Å². The summed E-state index contributed by atoms with van der Waals surface area (Å²) in [6.45, 7) is 2.60. The number of amides is 1. The van der Waals surface area contributed by atoms with Gasteiger partial charge in [0.15, 0.2) is 11.0 Å². The van der Waals surface area contributed by atoms with E-state index in [0.29, 0.717) is 18.8 Å². The molecule has 1 amide bonds. The monoisotopic (exact) mass is 468 g/mol. The Morgan fingerprint density at radius 3 is 2.58 bits per heavy atom. The van der Waals surface area contributed by atoms with Gasteiger partial charge in [0.05, 0.1) is 17.5 Å². The normalized spacial score (nSPS) is 34.5. The van der Waals surface area contributed by atoms with Crippen LogP contribution in [0.15, 0.2) is 35.5 Å². The smallest absolute Gasteiger partial charge is 0.234 e. The number of carbonyl (C=O) groups excluding carboxylic acids is 1. The Labute approximate surface area is 199 Å². The quantitative estimate of drug-likeness (QED) is 0.725. The van der Waals surface area contributed by atoms with Gasteiger partial charge in [-0.1, -0.05) is 68.3 Å². The molecule has 2 aliphatic carbocycles. The van der Waals surface area contributed by atoms with E-state index < -0.39 is 0 Å². The highest BCUT2D eigenvalue weighted by Gasteiger charge is 2.50. The standard InChI is InChI=1S/C25H32N4O3S/c1-15-18-12-20-21(32-14-31-20)13-19(18)26-24(30)22(15)33-25-28-27-23(16-8-4-2-5-9-16)29(25)17-10-6-3-7-11-17/h2,4-5,8-9,15,17-22H,3,6-7,10-14H2,1H3,(H,26,30). The molecule has 0 radical (unpaired) electrons. The van der Waals surface area contributed by atoms with E-state index in [-0.39, 0.29) is 35.3 Å². The molecule has 8 heteroatoms. The van der Waals surface area contributed by atoms with Crippen LogP contribution in [0.1, 0.15) is 57.9 Å². The number of rotatable bonds is 4. The lowest BCUT2D eigenvalue weighted by Gasteiger charge is -2.46. The molecule has 176 valence electrons. The highest BCUT2D eigenvalue weighted by atomic mass is 32.2. The number of hydrogen-bond donors (Lipinski definition) is 1. The molecule has 7 nitrogen and oxygen atoms in total. The first-order valence-corrected chi connectivity index (χ1v) is 13.3. The van der Waals surface area contributed by atoms with Crippen molar-refractivity contribution in [2.45, 2.75) is 86.6 Å². The van der Waals surface area contributed by atoms with Crippen LogP contribution in [0.3, 0.4) is 0 Å². The van der Waals surface area contributed by atoms with Crippen LogP contribution < -0.4 is 5.32 Å². The Hall–Kier alpha value is -1.90. The van der Waals surface area contributed by atoms with Crippen molar-refractivity contribution >= 4 is 17.7 Å². The molecule has 2 saturated carbocycles. The molecule has 2 saturated heterocycles. The number of thioether (sulfide) groups is 1. The van der Waals surface area contributed by atoms with E-state index in [9.17, 15) is 4.79 Å². The fourth-order valence-electron chi connectivity index (χ4n) is 6.29. The number of nitrogens with zero attached hydrogens (tertiary/aromatic N) is 3. The molecule has 4 fully saturated rings. The lowest BCUT2D eigenvalue weighted by Crippen LogP contribution is -2.59. The Kier molecular flexibility index (Phi) is 5.92. The van der Waals surface area contributed by atoms with Crippen molar-refractivity contribution in [3.63, 3.8) is 0 Å². The van der Waals surface area contributed by atoms with Gasteiger partial charge in [0.2, 0.25) is 5.91 Å². The number of benzene rings is 1. The second-order valence-corrected chi connectivity index (χ2v) is 11.1. The zero-order valence-corrected chi connectivity index (χ0v) is 19.9. The van der Waals surface area contributed by atoms with E-state index >= 15 is 0 Å². The Bertz CT molecular complexity index is 993. The molecule has 6 atom stereocenters. The molecule has 1 aromatic heterocycles. The second-order valence-electron chi connectivity index (χ2n) is 10.0. The van der Waals surface area contributed by atoms with Crippen molar-refractivity contribution < 1.29 is 14.3 Å². The van der Waals surface area contributed by atoms with Crippen molar-refractivity contribution in [2.75, 3.05) is 6.79 Å². The molecule has 3 heterocycles. The summed E-state index contributed by atoms with van der Waals surface area (Å²) in [7, 11) is 0. The average Bonchev–Trinajstić information content (AvgIpc) is 3.48. The van der Waals surface area contributed by atoms with Crippen LogP contribution in [0.4, 0.5) is 0 Å². The lowest BCUT2D eigenvalue weighted by atomic mass is 9.71. The van der Waals surface area contributed by atoms with Crippen LogP contribution in [0, 0.1) is 11.8 Å². The number of aromatic nitrogens is 3. The average molecular weight is 469 g/mol. The summed E-state index contributed by atoms with van der Waals surface area (Å²) < 4.78 is 13.9. The molecule has 6 unspecified atom stereocenters. The zero-order valence-electron chi connectivity index (χ0n) is 19.1. The van der Waals surface area contributed by atoms with E-state index in [1.807, 2.05) is 18.2 Å². The molecule has 1 aromatic carbocycles. The van der Waals surface area contributed by atoms with Gasteiger partial charge >= 0.3 is 0 Å². The zero-order chi connectivity index (χ0) is 22.4. The van der Waals surface area contributed by atoms with Gasteiger partial charge in [-0.25, -0.2) is 0 Å². The van der Waals surface area contributed by atoms with Gasteiger partial charge in [-0.2, -0.15) is 0 Å². The first-order chi connectivity index (χ1) is 16.2. The molecular weight excluding hydrogens is 436 g/mol. The Balaban J connectivity index is 1.29. The Morgan fingerprint density at radius 2 is 1.79 bits per heavy atom. The summed E-state index contributed by atoms with van der Waals surface area (Å²) in [5.74, 6) is 1.66. The van der Waals surface area contributed by atoms with Crippen LogP contribution in [0.2, 0.25) is 0 Å². The third-order valence-electron chi connectivity index (χ3n) is 8.09. The molecule has 4 aliphatic rings. The summed E-state index contributed by atoms with van der Waals surface area (Å²) in [5.41, 5.74) is 1.08. The number of piperidine rings is 1. The fraction of sp³-hybridized carbons (Fsp3) is 0.640. The van der Waals surface area contributed by atoms with E-state index in [4.69, 9.17) is 9.47 Å². The van der Waals surface area contributed by atoms with Crippen molar-refractivity contribution in [1.82, 2.24) is 20.1 Å². The number of fused-ring (bicyclic) bond motifs is 2. The predicted molar refractivity (Wildman–Crippen MR) is 126 cm³/mol. The summed E-state index contributed by atoms with van der Waals surface area (Å²) in [6, 6.07) is 10.9. The molecule has 6 rings (SSSR count). The second kappa shape index (κ2) is 9.04. The maximum Gasteiger partial charge on any atom is 0.234 e. The van der Waals surface area contributed by atoms with Crippen molar-refractivity contribution in [1.29, 1.82) is 0 Å². The van der Waals surface area contributed by atoms with Crippen molar-refractivity contribution in [3.05, 3.63) is 30.3 Å². The molecule has 33 heavy (non-hydrogen) atoms. The van der Waals surface area contributed by atoms with E-state index in [1.54, 1.807) is 11.8 Å². The first kappa shape index (κ1) is 21.6. The third kappa shape index (κ3) is 4.00. The van der Waals surface area contributed by atoms with Crippen LogP contribution >= 0.6 is 11.8 Å². The SMILES string of the molecule is CC1C(Sc2nnc(-c3ccccc3)n2C2CCCCC2)C(=O)NC2CC3OCOC3CC21. The summed E-state index contributed by atoms with van der Waals surface area (Å²) in [5, 5.41) is 13.3. The van der Waals surface area contributed by atoms with Crippen molar-refractivity contribution in [3.8, 4) is 11.4 Å². The molecule has 0 bridgehead atoms. The van der Waals surface area contributed by atoms with Gasteiger partial charge in [-0.05, 0) is 37.5 Å². The molecule has 2 aliphatic heterocycles. The third-order valence-corrected chi connectivity index (χ3v) is 9.48. The predicted octanol–water partition coefficient (Wildman–Crippen LogP) is 4.20. The van der Waals surface area contributed by atoms with Gasteiger partial charge in [0.25, 0.3) is 0 Å². The fourth-order valence-corrected chi connectivity index (χ4v) is 7.54. The largest absolute Gasteiger partial charge is 0.352 e. The highest BCUT2D eigenvalue weighted by molar-refractivity contribution is 8.00. The van der Waals surface area contributed by atoms with Gasteiger partial charge in [0.1, 0.15) is 6.79 Å². The van der Waals surface area contributed by atoms with Gasteiger partial charge < -0.3 is 14.8 Å². The molecule has 1 N–H and O–H groups in total. The summed E-state index contributed by atoms with van der Waals surface area (Å²) in [4.78, 5) is 13.3. The maximum absolute atomic E-state index is 13.3. The number of carbonyl (C=O) groups is 1. The Morgan fingerprint density at radius 1 is 1.03 bits per heavy atom. The summed E-state index contributed by atoms with van der Waals surface area (Å²) in [6.07, 6.45) is 8.10. The lowest BCUT2D eigenvalue weighted by molar-refractivity contribution is -0.127. The number of ether oxygens (including phenoxy) is 2. The van der Waals surface area contributed by atoms with Gasteiger partial charge in [-0.15, -0.1) is 10.2 Å². The first-order valence-electron chi connectivity index (χ1n) is 12.4. The van der Waals surface area contributed by atoms with Crippen molar-refractivity contribution in [2.24, 2.45) is 11.8 Å². The minimum Gasteiger partial charge on any atom is -0.352 e. The van der Waals surface area contributed by atoms with Gasteiger partial charge in [-0.3, -0.25) is 9.36 Å². The summed E-state index contributed by atoms with van der Waals surface area (Å²) >= 11 is 1.60. The number of nitrogens with one attached hydrogen (secondary N) is 1. The van der Waals surface area contributed by atoms with E-state index in [2.05, 4.69) is 39.1 Å². The van der Waals surface area contributed by atoms with E-state index in [0.717, 1.165) is 42.2 Å². The van der Waals surface area contributed by atoms with Crippen LogP contribution in [0.25, 0.3) is 11.4 Å². The van der Waals surface area contributed by atoms with Crippen LogP contribution in [-0.2, 0) is 14.3 Å². The van der Waals surface area contributed by atoms with Crippen LogP contribution in [-0.4, -0.2) is 51.0 Å². The minimum absolute atomic E-state index is 0.116.